The second kappa shape index (κ2) is 8.49. The van der Waals surface area contributed by atoms with Crippen molar-refractivity contribution in [3.63, 3.8) is 0 Å². The molecule has 3 rings (SSSR count). The number of nitrogens with zero attached hydrogens (tertiary/aromatic N) is 3. The van der Waals surface area contributed by atoms with E-state index in [4.69, 9.17) is 11.1 Å². The summed E-state index contributed by atoms with van der Waals surface area (Å²) in [5.74, 6) is 0.384. The Balaban J connectivity index is 1.78. The minimum Gasteiger partial charge on any atom is -0.398 e. The molecule has 6 N–H and O–H groups in total. The number of nitrogens with one attached hydrogen (secondary N) is 4. The quantitative estimate of drug-likeness (QED) is 0.230. The van der Waals surface area contributed by atoms with Gasteiger partial charge in [0.15, 0.2) is 0 Å². The first-order chi connectivity index (χ1) is 13.5. The van der Waals surface area contributed by atoms with Crippen LogP contribution in [0.5, 0.6) is 0 Å². The second-order valence-electron chi connectivity index (χ2n) is 6.69. The molecule has 0 saturated heterocycles. The average molecular weight is 380 g/mol. The van der Waals surface area contributed by atoms with Gasteiger partial charge in [0.25, 0.3) is 5.91 Å². The van der Waals surface area contributed by atoms with Crippen LogP contribution < -0.4 is 16.4 Å². The number of carbonyl (C=O) groups excluding carboxylic acids is 1. The lowest BCUT2D eigenvalue weighted by atomic mass is 10.1. The largest absolute Gasteiger partial charge is 0.398 e. The van der Waals surface area contributed by atoms with E-state index in [2.05, 4.69) is 30.5 Å². The molecule has 1 amide bonds. The summed E-state index contributed by atoms with van der Waals surface area (Å²) in [5.41, 5.74) is 8.71. The third kappa shape index (κ3) is 4.44. The molecule has 0 radical (unpaired) electrons. The van der Waals surface area contributed by atoms with Crippen LogP contribution in [-0.4, -0.2) is 59.2 Å². The Morgan fingerprint density at radius 2 is 2.14 bits per heavy atom. The van der Waals surface area contributed by atoms with E-state index < -0.39 is 0 Å². The van der Waals surface area contributed by atoms with E-state index >= 15 is 0 Å². The minimum absolute atomic E-state index is 0.179. The number of fused-ring (bicyclic) bond motifs is 1. The highest BCUT2D eigenvalue weighted by atomic mass is 16.1. The zero-order valence-electron chi connectivity index (χ0n) is 15.9. The van der Waals surface area contributed by atoms with Crippen molar-refractivity contribution in [1.82, 2.24) is 25.2 Å². The Kier molecular flexibility index (Phi) is 5.85. The molecule has 0 fully saturated rings. The van der Waals surface area contributed by atoms with Gasteiger partial charge in [-0.2, -0.15) is 0 Å². The van der Waals surface area contributed by atoms with E-state index in [0.29, 0.717) is 40.3 Å². The number of aromatic nitrogens is 3. The fourth-order valence-electron chi connectivity index (χ4n) is 2.77. The molecule has 0 bridgehead atoms. The van der Waals surface area contributed by atoms with Crippen LogP contribution in [0.4, 0.5) is 17.2 Å². The first-order valence-electron chi connectivity index (χ1n) is 8.91. The number of hydrogen-bond donors (Lipinski definition) is 5. The van der Waals surface area contributed by atoms with Crippen molar-refractivity contribution in [2.24, 2.45) is 0 Å². The van der Waals surface area contributed by atoms with Crippen molar-refractivity contribution in [1.29, 1.82) is 5.41 Å². The lowest BCUT2D eigenvalue weighted by molar-refractivity contribution is 0.0948. The molecule has 0 unspecified atom stereocenters. The Bertz CT molecular complexity index is 995. The molecule has 1 aromatic carbocycles. The highest BCUT2D eigenvalue weighted by Gasteiger charge is 2.13. The molecular weight excluding hydrogens is 356 g/mol. The first-order valence-corrected chi connectivity index (χ1v) is 8.91. The molecule has 0 atom stereocenters. The molecule has 0 aliphatic rings. The normalized spacial score (nSPS) is 11.0. The van der Waals surface area contributed by atoms with Gasteiger partial charge in [-0.15, -0.1) is 0 Å². The lowest BCUT2D eigenvalue weighted by Gasteiger charge is -2.09. The number of nitrogen functional groups attached to an aromatic ring is 1. The maximum atomic E-state index is 12.4. The van der Waals surface area contributed by atoms with E-state index in [0.717, 1.165) is 18.7 Å². The Hall–Kier alpha value is -3.46. The van der Waals surface area contributed by atoms with Gasteiger partial charge in [-0.3, -0.25) is 4.79 Å². The molecule has 28 heavy (non-hydrogen) atoms. The number of rotatable bonds is 8. The highest BCUT2D eigenvalue weighted by Crippen LogP contribution is 2.25. The zero-order chi connectivity index (χ0) is 20.1. The summed E-state index contributed by atoms with van der Waals surface area (Å²) in [4.78, 5) is 26.0. The van der Waals surface area contributed by atoms with Crippen LogP contribution in [0, 0.1) is 5.41 Å². The predicted octanol–water partition coefficient (Wildman–Crippen LogP) is 1.96. The molecule has 3 aromatic rings. The van der Waals surface area contributed by atoms with Crippen molar-refractivity contribution in [2.45, 2.75) is 6.42 Å². The maximum absolute atomic E-state index is 12.4. The monoisotopic (exact) mass is 380 g/mol. The van der Waals surface area contributed by atoms with E-state index in [1.54, 1.807) is 24.3 Å². The smallest absolute Gasteiger partial charge is 0.267 e. The second-order valence-corrected chi connectivity index (χ2v) is 6.69. The number of aromatic amines is 1. The maximum Gasteiger partial charge on any atom is 0.267 e. The van der Waals surface area contributed by atoms with Crippen LogP contribution in [0.25, 0.3) is 11.0 Å². The Labute approximate surface area is 162 Å². The van der Waals surface area contributed by atoms with E-state index in [9.17, 15) is 4.79 Å². The summed E-state index contributed by atoms with van der Waals surface area (Å²) < 4.78 is 0. The molecule has 2 heterocycles. The standard InChI is InChI=1S/C19H24N8O/c1-27(2)7-3-6-22-19(28)16-9-14-17(23-11-24-18(14)26-16)25-13-4-5-15(21)12(8-13)10-20/h4-5,8-11,20H,3,6-7,21H2,1-2H3,(H,22,28)(H2,23,24,25,26). The molecule has 9 heteroatoms. The van der Waals surface area contributed by atoms with Gasteiger partial charge in [-0.1, -0.05) is 0 Å². The van der Waals surface area contributed by atoms with Crippen LogP contribution in [0.3, 0.4) is 0 Å². The van der Waals surface area contributed by atoms with Crippen molar-refractivity contribution in [3.8, 4) is 0 Å². The van der Waals surface area contributed by atoms with Gasteiger partial charge >= 0.3 is 0 Å². The van der Waals surface area contributed by atoms with Gasteiger partial charge in [0.05, 0.1) is 5.39 Å². The Morgan fingerprint density at radius 3 is 2.89 bits per heavy atom. The zero-order valence-corrected chi connectivity index (χ0v) is 15.9. The summed E-state index contributed by atoms with van der Waals surface area (Å²) in [6.07, 6.45) is 3.50. The molecule has 9 nitrogen and oxygen atoms in total. The van der Waals surface area contributed by atoms with Gasteiger partial charge in [-0.25, -0.2) is 9.97 Å². The number of H-pyrrole nitrogens is 1. The fraction of sp³-hybridized carbons (Fsp3) is 0.263. The highest BCUT2D eigenvalue weighted by molar-refractivity contribution is 6.00. The number of benzene rings is 1. The van der Waals surface area contributed by atoms with Crippen LogP contribution in [0.1, 0.15) is 22.5 Å². The average Bonchev–Trinajstić information content (AvgIpc) is 3.12. The summed E-state index contributed by atoms with van der Waals surface area (Å²) >= 11 is 0. The number of anilines is 3. The Morgan fingerprint density at radius 1 is 1.32 bits per heavy atom. The van der Waals surface area contributed by atoms with E-state index in [1.807, 2.05) is 14.1 Å². The fourth-order valence-corrected chi connectivity index (χ4v) is 2.77. The van der Waals surface area contributed by atoms with Crippen LogP contribution >= 0.6 is 0 Å². The van der Waals surface area contributed by atoms with Gasteiger partial charge in [0.2, 0.25) is 0 Å². The summed E-state index contributed by atoms with van der Waals surface area (Å²) in [6.45, 7) is 1.51. The summed E-state index contributed by atoms with van der Waals surface area (Å²) in [6, 6.07) is 7.03. The SMILES string of the molecule is CN(C)CCCNC(=O)c1cc2c(Nc3ccc(N)c(C=N)c3)ncnc2[nH]1. The van der Waals surface area contributed by atoms with Crippen LogP contribution in [0.2, 0.25) is 0 Å². The van der Waals surface area contributed by atoms with Gasteiger partial charge in [-0.05, 0) is 51.3 Å². The third-order valence-corrected chi connectivity index (χ3v) is 4.24. The van der Waals surface area contributed by atoms with Crippen molar-refractivity contribution < 1.29 is 4.79 Å². The minimum atomic E-state index is -0.179. The molecule has 0 aliphatic heterocycles. The lowest BCUT2D eigenvalue weighted by Crippen LogP contribution is -2.27. The van der Waals surface area contributed by atoms with E-state index in [-0.39, 0.29) is 5.91 Å². The number of amides is 1. The molecule has 146 valence electrons. The molecule has 0 saturated carbocycles. The molecule has 0 spiro atoms. The van der Waals surface area contributed by atoms with Gasteiger partial charge in [0.1, 0.15) is 23.5 Å². The van der Waals surface area contributed by atoms with Gasteiger partial charge < -0.3 is 31.7 Å². The van der Waals surface area contributed by atoms with Gasteiger partial charge in [0, 0.05) is 29.7 Å². The van der Waals surface area contributed by atoms with Crippen LogP contribution in [0.15, 0.2) is 30.6 Å². The number of hydrogen-bond acceptors (Lipinski definition) is 7. The number of nitrogens with two attached hydrogens (primary N) is 1. The number of carbonyl (C=O) groups is 1. The van der Waals surface area contributed by atoms with Crippen molar-refractivity contribution in [3.05, 3.63) is 41.9 Å². The van der Waals surface area contributed by atoms with Crippen LogP contribution in [-0.2, 0) is 0 Å². The molecular formula is C19H24N8O. The van der Waals surface area contributed by atoms with Crippen molar-refractivity contribution in [2.75, 3.05) is 38.2 Å². The van der Waals surface area contributed by atoms with Crippen molar-refractivity contribution >= 4 is 40.3 Å². The summed E-state index contributed by atoms with van der Waals surface area (Å²) in [5, 5.41) is 14.2. The molecule has 0 aliphatic carbocycles. The predicted molar refractivity (Wildman–Crippen MR) is 111 cm³/mol. The van der Waals surface area contributed by atoms with E-state index in [1.165, 1.54) is 12.5 Å². The first kappa shape index (κ1) is 19.3. The summed E-state index contributed by atoms with van der Waals surface area (Å²) in [7, 11) is 4.00. The third-order valence-electron chi connectivity index (χ3n) is 4.24. The topological polar surface area (TPSA) is 136 Å². The molecule has 2 aromatic heterocycles.